The van der Waals surface area contributed by atoms with Crippen molar-refractivity contribution < 1.29 is 13.2 Å². The maximum Gasteiger partial charge on any atom is 0.150 e. The minimum atomic E-state index is -2.97. The number of rotatable bonds is 5. The van der Waals surface area contributed by atoms with Crippen LogP contribution in [0.15, 0.2) is 24.3 Å². The second kappa shape index (κ2) is 5.14. The first kappa shape index (κ1) is 12.0. The fourth-order valence-corrected chi connectivity index (χ4v) is 1.50. The van der Waals surface area contributed by atoms with Gasteiger partial charge >= 0.3 is 0 Å². The van der Waals surface area contributed by atoms with Gasteiger partial charge in [0.1, 0.15) is 12.4 Å². The predicted octanol–water partition coefficient (Wildman–Crippen LogP) is 0.569. The Kier molecular flexibility index (Phi) is 4.11. The van der Waals surface area contributed by atoms with Gasteiger partial charge in [-0.05, 0) is 6.07 Å². The first-order valence-corrected chi connectivity index (χ1v) is 6.67. The Morgan fingerprint density at radius 2 is 2.00 bits per heavy atom. The molecule has 1 aromatic carbocycles. The maximum atomic E-state index is 10.9. The second-order valence-corrected chi connectivity index (χ2v) is 5.55. The molecule has 0 unspecified atom stereocenters. The van der Waals surface area contributed by atoms with Crippen molar-refractivity contribution in [3.8, 4) is 5.75 Å². The molecule has 84 valence electrons. The molecule has 0 aliphatic carbocycles. The third-order valence-electron chi connectivity index (χ3n) is 1.90. The summed E-state index contributed by atoms with van der Waals surface area (Å²) < 4.78 is 27.1. The number of para-hydroxylation sites is 1. The van der Waals surface area contributed by atoms with Gasteiger partial charge in [-0.15, -0.1) is 0 Å². The van der Waals surface area contributed by atoms with Gasteiger partial charge in [0.25, 0.3) is 0 Å². The lowest BCUT2D eigenvalue weighted by molar-refractivity contribution is 0.337. The van der Waals surface area contributed by atoms with Gasteiger partial charge in [0.15, 0.2) is 9.84 Å². The van der Waals surface area contributed by atoms with Crippen molar-refractivity contribution >= 4 is 9.84 Å². The summed E-state index contributed by atoms with van der Waals surface area (Å²) in [6.07, 6.45) is 1.19. The number of sulfone groups is 1. The van der Waals surface area contributed by atoms with Crippen LogP contribution in [0.25, 0.3) is 0 Å². The number of ether oxygens (including phenoxy) is 1. The van der Waals surface area contributed by atoms with Crippen molar-refractivity contribution in [3.63, 3.8) is 0 Å². The van der Waals surface area contributed by atoms with Crippen molar-refractivity contribution in [1.29, 1.82) is 0 Å². The summed E-state index contributed by atoms with van der Waals surface area (Å²) in [6.45, 7) is 0.547. The highest BCUT2D eigenvalue weighted by Crippen LogP contribution is 2.16. The fraction of sp³-hybridized carbons (Fsp3) is 0.400. The number of nitrogens with two attached hydrogens (primary N) is 1. The van der Waals surface area contributed by atoms with Crippen LogP contribution < -0.4 is 10.5 Å². The smallest absolute Gasteiger partial charge is 0.150 e. The van der Waals surface area contributed by atoms with E-state index in [1.807, 2.05) is 18.2 Å². The van der Waals surface area contributed by atoms with Crippen molar-refractivity contribution in [1.82, 2.24) is 0 Å². The Morgan fingerprint density at radius 3 is 2.60 bits per heavy atom. The SMILES string of the molecule is CS(=O)(=O)CCOc1ccccc1CN. The summed E-state index contributed by atoms with van der Waals surface area (Å²) in [5.74, 6) is 0.676. The van der Waals surface area contributed by atoms with Gasteiger partial charge < -0.3 is 10.5 Å². The lowest BCUT2D eigenvalue weighted by Gasteiger charge is -2.09. The molecule has 0 atom stereocenters. The quantitative estimate of drug-likeness (QED) is 0.801. The molecule has 0 aromatic heterocycles. The first-order chi connectivity index (χ1) is 7.03. The lowest BCUT2D eigenvalue weighted by Crippen LogP contribution is -2.13. The Labute approximate surface area is 90.0 Å². The van der Waals surface area contributed by atoms with Crippen LogP contribution >= 0.6 is 0 Å². The largest absolute Gasteiger partial charge is 0.492 e. The van der Waals surface area contributed by atoms with Crippen LogP contribution in [0.4, 0.5) is 0 Å². The van der Waals surface area contributed by atoms with Crippen LogP contribution in [0.3, 0.4) is 0 Å². The maximum absolute atomic E-state index is 10.9. The summed E-state index contributed by atoms with van der Waals surface area (Å²) >= 11 is 0. The zero-order chi connectivity index (χ0) is 11.3. The average Bonchev–Trinajstić information content (AvgIpc) is 2.16. The molecule has 4 nitrogen and oxygen atoms in total. The summed E-state index contributed by atoms with van der Waals surface area (Å²) in [4.78, 5) is 0. The molecule has 0 bridgehead atoms. The van der Waals surface area contributed by atoms with Gasteiger partial charge in [-0.1, -0.05) is 18.2 Å². The summed E-state index contributed by atoms with van der Waals surface area (Å²) in [5, 5.41) is 0. The first-order valence-electron chi connectivity index (χ1n) is 4.61. The molecule has 5 heteroatoms. The highest BCUT2D eigenvalue weighted by molar-refractivity contribution is 7.90. The molecule has 0 aliphatic rings. The molecule has 0 radical (unpaired) electrons. The molecule has 0 aliphatic heterocycles. The molecule has 0 amide bonds. The Balaban J connectivity index is 2.58. The Morgan fingerprint density at radius 1 is 1.33 bits per heavy atom. The molecule has 2 N–H and O–H groups in total. The molecule has 0 saturated heterocycles. The van der Waals surface area contributed by atoms with Gasteiger partial charge in [-0.3, -0.25) is 0 Å². The third-order valence-corrected chi connectivity index (χ3v) is 2.81. The molecule has 15 heavy (non-hydrogen) atoms. The van der Waals surface area contributed by atoms with E-state index < -0.39 is 9.84 Å². The van der Waals surface area contributed by atoms with Gasteiger partial charge in [0.2, 0.25) is 0 Å². The molecule has 0 saturated carbocycles. The number of hydrogen-bond acceptors (Lipinski definition) is 4. The van der Waals surface area contributed by atoms with Gasteiger partial charge in [-0.2, -0.15) is 0 Å². The zero-order valence-corrected chi connectivity index (χ0v) is 9.46. The fourth-order valence-electron chi connectivity index (χ4n) is 1.12. The zero-order valence-electron chi connectivity index (χ0n) is 8.64. The molecule has 0 fully saturated rings. The standard InChI is InChI=1S/C10H15NO3S/c1-15(12,13)7-6-14-10-5-3-2-4-9(10)8-11/h2-5H,6-8,11H2,1H3. The highest BCUT2D eigenvalue weighted by Gasteiger charge is 2.04. The van der Waals surface area contributed by atoms with Crippen LogP contribution in [0.1, 0.15) is 5.56 Å². The van der Waals surface area contributed by atoms with Crippen LogP contribution in [0.2, 0.25) is 0 Å². The average molecular weight is 229 g/mol. The van der Waals surface area contributed by atoms with Crippen LogP contribution in [-0.4, -0.2) is 27.0 Å². The minimum absolute atomic E-state index is 0.0197. The molecular weight excluding hydrogens is 214 g/mol. The monoisotopic (exact) mass is 229 g/mol. The van der Waals surface area contributed by atoms with E-state index in [1.165, 1.54) is 6.26 Å². The van der Waals surface area contributed by atoms with Crippen molar-refractivity contribution in [2.24, 2.45) is 5.73 Å². The normalized spacial score (nSPS) is 11.3. The molecule has 1 aromatic rings. The topological polar surface area (TPSA) is 69.4 Å². The van der Waals surface area contributed by atoms with Crippen molar-refractivity contribution in [2.45, 2.75) is 6.54 Å². The van der Waals surface area contributed by atoms with E-state index in [0.29, 0.717) is 12.3 Å². The molecule has 1 rings (SSSR count). The van der Waals surface area contributed by atoms with E-state index in [0.717, 1.165) is 5.56 Å². The third kappa shape index (κ3) is 4.31. The molecule has 0 spiro atoms. The van der Waals surface area contributed by atoms with Crippen molar-refractivity contribution in [2.75, 3.05) is 18.6 Å². The van der Waals surface area contributed by atoms with Crippen LogP contribution in [0.5, 0.6) is 5.75 Å². The Hall–Kier alpha value is -1.07. The Bertz CT molecular complexity index is 414. The summed E-state index contributed by atoms with van der Waals surface area (Å²) in [5.41, 5.74) is 6.39. The van der Waals surface area contributed by atoms with E-state index >= 15 is 0 Å². The van der Waals surface area contributed by atoms with Crippen LogP contribution in [-0.2, 0) is 16.4 Å². The number of benzene rings is 1. The lowest BCUT2D eigenvalue weighted by atomic mass is 10.2. The number of hydrogen-bond donors (Lipinski definition) is 1. The van der Waals surface area contributed by atoms with Crippen LogP contribution in [0, 0.1) is 0 Å². The minimum Gasteiger partial charge on any atom is -0.492 e. The van der Waals surface area contributed by atoms with E-state index in [-0.39, 0.29) is 12.4 Å². The van der Waals surface area contributed by atoms with E-state index in [2.05, 4.69) is 0 Å². The predicted molar refractivity (Wildman–Crippen MR) is 59.5 cm³/mol. The van der Waals surface area contributed by atoms with Crippen molar-refractivity contribution in [3.05, 3.63) is 29.8 Å². The van der Waals surface area contributed by atoms with E-state index in [1.54, 1.807) is 6.07 Å². The second-order valence-electron chi connectivity index (χ2n) is 3.29. The highest BCUT2D eigenvalue weighted by atomic mass is 32.2. The summed E-state index contributed by atoms with van der Waals surface area (Å²) in [6, 6.07) is 7.33. The van der Waals surface area contributed by atoms with E-state index in [4.69, 9.17) is 10.5 Å². The molecular formula is C10H15NO3S. The molecule has 0 heterocycles. The van der Waals surface area contributed by atoms with Gasteiger partial charge in [0.05, 0.1) is 5.75 Å². The summed E-state index contributed by atoms with van der Waals surface area (Å²) in [7, 11) is -2.97. The van der Waals surface area contributed by atoms with Gasteiger partial charge in [0, 0.05) is 18.4 Å². The van der Waals surface area contributed by atoms with Gasteiger partial charge in [-0.25, -0.2) is 8.42 Å². The van der Waals surface area contributed by atoms with E-state index in [9.17, 15) is 8.42 Å².